The first kappa shape index (κ1) is 10.5. The first-order chi connectivity index (χ1) is 5.86. The minimum Gasteiger partial charge on any atom is -0.324 e. The molecule has 1 heterocycles. The van der Waals surface area contributed by atoms with Gasteiger partial charge in [-0.05, 0) is 24.0 Å². The van der Waals surface area contributed by atoms with Crippen LogP contribution in [0.25, 0.3) is 0 Å². The summed E-state index contributed by atoms with van der Waals surface area (Å²) >= 11 is 0. The van der Waals surface area contributed by atoms with Crippen LogP contribution in [0, 0.1) is 5.92 Å². The maximum atomic E-state index is 6.00. The second kappa shape index (κ2) is 4.58. The quantitative estimate of drug-likeness (QED) is 0.810. The summed E-state index contributed by atoms with van der Waals surface area (Å²) in [5.41, 5.74) is 7.17. The van der Waals surface area contributed by atoms with Gasteiger partial charge in [0, 0.05) is 18.4 Å². The fraction of sp³-hybridized carbons (Fsp3) is 0.500. The van der Waals surface area contributed by atoms with Gasteiger partial charge in [0.2, 0.25) is 0 Å². The number of hydrogen-bond donors (Lipinski definition) is 1. The summed E-state index contributed by atoms with van der Waals surface area (Å²) < 4.78 is 0. The summed E-state index contributed by atoms with van der Waals surface area (Å²) in [5.74, 6) is 0.889. The van der Waals surface area contributed by atoms with Gasteiger partial charge in [-0.15, -0.1) is 12.4 Å². The third-order valence-electron chi connectivity index (χ3n) is 2.40. The van der Waals surface area contributed by atoms with E-state index < -0.39 is 0 Å². The van der Waals surface area contributed by atoms with Gasteiger partial charge in [0.15, 0.2) is 0 Å². The number of halogens is 1. The van der Waals surface area contributed by atoms with Crippen LogP contribution in [-0.2, 0) is 0 Å². The lowest BCUT2D eigenvalue weighted by atomic mass is 10.0. The van der Waals surface area contributed by atoms with E-state index in [0.717, 1.165) is 12.3 Å². The Morgan fingerprint density at radius 1 is 1.54 bits per heavy atom. The lowest BCUT2D eigenvalue weighted by Crippen LogP contribution is -2.10. The first-order valence-electron chi connectivity index (χ1n) is 4.52. The van der Waals surface area contributed by atoms with Gasteiger partial charge in [-0.2, -0.15) is 0 Å². The van der Waals surface area contributed by atoms with Crippen molar-refractivity contribution in [1.82, 2.24) is 4.98 Å². The average molecular weight is 199 g/mol. The van der Waals surface area contributed by atoms with E-state index in [1.54, 1.807) is 6.20 Å². The molecule has 1 fully saturated rings. The van der Waals surface area contributed by atoms with Crippen LogP contribution in [0.5, 0.6) is 0 Å². The number of pyridine rings is 1. The molecule has 3 heteroatoms. The average Bonchev–Trinajstić information content (AvgIpc) is 2.90. The van der Waals surface area contributed by atoms with Gasteiger partial charge in [0.1, 0.15) is 0 Å². The molecular weight excluding hydrogens is 184 g/mol. The Morgan fingerprint density at radius 2 is 2.31 bits per heavy atom. The largest absolute Gasteiger partial charge is 0.324 e. The van der Waals surface area contributed by atoms with E-state index in [0.29, 0.717) is 0 Å². The normalized spacial score (nSPS) is 17.6. The van der Waals surface area contributed by atoms with Crippen molar-refractivity contribution < 1.29 is 0 Å². The van der Waals surface area contributed by atoms with Gasteiger partial charge in [-0.1, -0.05) is 18.9 Å². The molecule has 1 aliphatic rings. The SMILES string of the molecule is Cl.N[C@@H](CC1CC1)c1cccnc1. The molecule has 0 radical (unpaired) electrons. The van der Waals surface area contributed by atoms with Gasteiger partial charge in [-0.25, -0.2) is 0 Å². The van der Waals surface area contributed by atoms with Crippen LogP contribution in [-0.4, -0.2) is 4.98 Å². The minimum absolute atomic E-state index is 0. The molecule has 0 saturated heterocycles. The molecule has 72 valence electrons. The number of rotatable bonds is 3. The van der Waals surface area contributed by atoms with Crippen molar-refractivity contribution in [3.8, 4) is 0 Å². The van der Waals surface area contributed by atoms with Crippen LogP contribution >= 0.6 is 12.4 Å². The van der Waals surface area contributed by atoms with E-state index in [4.69, 9.17) is 5.73 Å². The molecule has 2 rings (SSSR count). The Labute approximate surface area is 85.0 Å². The van der Waals surface area contributed by atoms with Crippen LogP contribution in [0.2, 0.25) is 0 Å². The number of nitrogens with two attached hydrogens (primary N) is 1. The van der Waals surface area contributed by atoms with E-state index >= 15 is 0 Å². The third kappa shape index (κ3) is 2.98. The van der Waals surface area contributed by atoms with Gasteiger partial charge in [0.25, 0.3) is 0 Å². The molecule has 2 nitrogen and oxygen atoms in total. The fourth-order valence-electron chi connectivity index (χ4n) is 1.44. The standard InChI is InChI=1S/C10H14N2.ClH/c11-10(6-8-3-4-8)9-2-1-5-12-7-9;/h1-2,5,7-8,10H,3-4,6,11H2;1H/t10-;/m0./s1. The smallest absolute Gasteiger partial charge is 0.0315 e. The minimum atomic E-state index is 0. The molecule has 1 aromatic heterocycles. The van der Waals surface area contributed by atoms with Gasteiger partial charge in [-0.3, -0.25) is 4.98 Å². The summed E-state index contributed by atoms with van der Waals surface area (Å²) in [6, 6.07) is 4.20. The van der Waals surface area contributed by atoms with E-state index in [2.05, 4.69) is 11.1 Å². The Hall–Kier alpha value is -0.600. The third-order valence-corrected chi connectivity index (χ3v) is 2.40. The molecule has 1 atom stereocenters. The highest BCUT2D eigenvalue weighted by Crippen LogP contribution is 2.36. The molecule has 0 aromatic carbocycles. The Balaban J connectivity index is 0.000000845. The number of hydrogen-bond acceptors (Lipinski definition) is 2. The summed E-state index contributed by atoms with van der Waals surface area (Å²) in [7, 11) is 0. The maximum Gasteiger partial charge on any atom is 0.0315 e. The Morgan fingerprint density at radius 3 is 2.85 bits per heavy atom. The van der Waals surface area contributed by atoms with Crippen LogP contribution in [0.4, 0.5) is 0 Å². The first-order valence-corrected chi connectivity index (χ1v) is 4.52. The topological polar surface area (TPSA) is 38.9 Å². The molecule has 1 aliphatic carbocycles. The van der Waals surface area contributed by atoms with Crippen LogP contribution in [0.3, 0.4) is 0 Å². The van der Waals surface area contributed by atoms with E-state index in [1.165, 1.54) is 18.4 Å². The molecule has 0 amide bonds. The predicted octanol–water partition coefficient (Wildman–Crippen LogP) is 2.30. The molecule has 0 bridgehead atoms. The second-order valence-electron chi connectivity index (χ2n) is 3.57. The van der Waals surface area contributed by atoms with Crippen molar-refractivity contribution >= 4 is 12.4 Å². The van der Waals surface area contributed by atoms with Gasteiger partial charge in [0.05, 0.1) is 0 Å². The molecule has 13 heavy (non-hydrogen) atoms. The molecule has 0 unspecified atom stereocenters. The summed E-state index contributed by atoms with van der Waals surface area (Å²) in [6.45, 7) is 0. The number of nitrogens with zero attached hydrogens (tertiary/aromatic N) is 1. The van der Waals surface area contributed by atoms with Crippen molar-refractivity contribution in [2.24, 2.45) is 11.7 Å². The van der Waals surface area contributed by atoms with E-state index in [-0.39, 0.29) is 18.4 Å². The predicted molar refractivity (Wildman–Crippen MR) is 55.8 cm³/mol. The van der Waals surface area contributed by atoms with Crippen molar-refractivity contribution in [2.75, 3.05) is 0 Å². The highest BCUT2D eigenvalue weighted by molar-refractivity contribution is 5.85. The van der Waals surface area contributed by atoms with Crippen molar-refractivity contribution in [3.63, 3.8) is 0 Å². The van der Waals surface area contributed by atoms with Crippen LogP contribution < -0.4 is 5.73 Å². The van der Waals surface area contributed by atoms with Crippen LogP contribution in [0.1, 0.15) is 30.9 Å². The highest BCUT2D eigenvalue weighted by atomic mass is 35.5. The lowest BCUT2D eigenvalue weighted by Gasteiger charge is -2.09. The molecular formula is C10H15ClN2. The summed E-state index contributed by atoms with van der Waals surface area (Å²) in [6.07, 6.45) is 7.52. The van der Waals surface area contributed by atoms with Crippen molar-refractivity contribution in [1.29, 1.82) is 0 Å². The Bertz CT molecular complexity index is 246. The van der Waals surface area contributed by atoms with E-state index in [1.807, 2.05) is 12.3 Å². The maximum absolute atomic E-state index is 6.00. The Kier molecular flexibility index (Phi) is 3.70. The monoisotopic (exact) mass is 198 g/mol. The zero-order valence-electron chi connectivity index (χ0n) is 7.52. The molecule has 1 saturated carbocycles. The second-order valence-corrected chi connectivity index (χ2v) is 3.57. The molecule has 1 aromatic rings. The molecule has 0 spiro atoms. The van der Waals surface area contributed by atoms with Gasteiger partial charge >= 0.3 is 0 Å². The fourth-order valence-corrected chi connectivity index (χ4v) is 1.44. The summed E-state index contributed by atoms with van der Waals surface area (Å²) in [4.78, 5) is 4.05. The highest BCUT2D eigenvalue weighted by Gasteiger charge is 2.24. The molecule has 2 N–H and O–H groups in total. The van der Waals surface area contributed by atoms with Crippen molar-refractivity contribution in [3.05, 3.63) is 30.1 Å². The summed E-state index contributed by atoms with van der Waals surface area (Å²) in [5, 5.41) is 0. The zero-order chi connectivity index (χ0) is 8.39. The van der Waals surface area contributed by atoms with E-state index in [9.17, 15) is 0 Å². The number of aromatic nitrogens is 1. The van der Waals surface area contributed by atoms with Crippen molar-refractivity contribution in [2.45, 2.75) is 25.3 Å². The lowest BCUT2D eigenvalue weighted by molar-refractivity contribution is 0.595. The molecule has 0 aliphatic heterocycles. The van der Waals surface area contributed by atoms with Crippen LogP contribution in [0.15, 0.2) is 24.5 Å². The van der Waals surface area contributed by atoms with Gasteiger partial charge < -0.3 is 5.73 Å². The zero-order valence-corrected chi connectivity index (χ0v) is 8.33.